The van der Waals surface area contributed by atoms with E-state index in [-0.39, 0.29) is 34.6 Å². The summed E-state index contributed by atoms with van der Waals surface area (Å²) in [5.41, 5.74) is 1.59. The number of hydrogen-bond acceptors (Lipinski definition) is 4. The van der Waals surface area contributed by atoms with Gasteiger partial charge in [0.15, 0.2) is 0 Å². The van der Waals surface area contributed by atoms with Crippen molar-refractivity contribution < 1.29 is 25.9 Å². The van der Waals surface area contributed by atoms with Crippen LogP contribution in [0.2, 0.25) is 0 Å². The van der Waals surface area contributed by atoms with Gasteiger partial charge >= 0.3 is 0 Å². The molecule has 10 heteroatoms. The van der Waals surface area contributed by atoms with Gasteiger partial charge in [-0.05, 0) is 41.8 Å². The summed E-state index contributed by atoms with van der Waals surface area (Å²) >= 11 is 0. The molecule has 0 bridgehead atoms. The molecular formula is C13H14Cl2O6S2. The van der Waals surface area contributed by atoms with Gasteiger partial charge in [-0.3, -0.25) is 9.11 Å². The fourth-order valence-corrected chi connectivity index (χ4v) is 2.75. The summed E-state index contributed by atoms with van der Waals surface area (Å²) in [5.74, 6) is 0. The van der Waals surface area contributed by atoms with Crippen molar-refractivity contribution in [1.29, 1.82) is 0 Å². The highest BCUT2D eigenvalue weighted by Crippen LogP contribution is 2.16. The Morgan fingerprint density at radius 3 is 1.09 bits per heavy atom. The molecule has 0 radical (unpaired) electrons. The monoisotopic (exact) mass is 400 g/mol. The lowest BCUT2D eigenvalue weighted by Gasteiger charge is -2.04. The third-order valence-electron chi connectivity index (χ3n) is 2.85. The molecular weight excluding hydrogens is 387 g/mol. The second kappa shape index (κ2) is 8.09. The molecule has 0 aromatic heterocycles. The van der Waals surface area contributed by atoms with Gasteiger partial charge in [-0.2, -0.15) is 16.8 Å². The highest BCUT2D eigenvalue weighted by molar-refractivity contribution is 7.86. The minimum Gasteiger partial charge on any atom is -0.282 e. The molecule has 0 atom stereocenters. The SMILES string of the molecule is Cl.Cl.O=S(=O)(O)c1ccc(Cc2ccc(S(=O)(=O)O)cc2)cc1. The molecule has 0 spiro atoms. The summed E-state index contributed by atoms with van der Waals surface area (Å²) in [4.78, 5) is -0.374. The van der Waals surface area contributed by atoms with E-state index >= 15 is 0 Å². The Balaban J connectivity index is 0.00000242. The van der Waals surface area contributed by atoms with Gasteiger partial charge in [0.05, 0.1) is 9.79 Å². The van der Waals surface area contributed by atoms with Crippen molar-refractivity contribution in [3.05, 3.63) is 59.7 Å². The van der Waals surface area contributed by atoms with Crippen LogP contribution in [0.3, 0.4) is 0 Å². The maximum absolute atomic E-state index is 10.9. The van der Waals surface area contributed by atoms with Gasteiger partial charge in [-0.15, -0.1) is 24.8 Å². The van der Waals surface area contributed by atoms with Crippen LogP contribution in [0.4, 0.5) is 0 Å². The van der Waals surface area contributed by atoms with Crippen LogP contribution < -0.4 is 0 Å². The van der Waals surface area contributed by atoms with E-state index in [9.17, 15) is 16.8 Å². The van der Waals surface area contributed by atoms with Crippen LogP contribution >= 0.6 is 24.8 Å². The zero-order valence-corrected chi connectivity index (χ0v) is 14.8. The Morgan fingerprint density at radius 2 is 0.870 bits per heavy atom. The van der Waals surface area contributed by atoms with Crippen molar-refractivity contribution in [1.82, 2.24) is 0 Å². The van der Waals surface area contributed by atoms with Crippen LogP contribution in [-0.2, 0) is 26.7 Å². The quantitative estimate of drug-likeness (QED) is 0.763. The molecule has 2 rings (SSSR count). The molecule has 0 heterocycles. The fourth-order valence-electron chi connectivity index (χ4n) is 1.79. The van der Waals surface area contributed by atoms with Crippen LogP contribution in [0.25, 0.3) is 0 Å². The number of benzene rings is 2. The fraction of sp³-hybridized carbons (Fsp3) is 0.0769. The molecule has 0 amide bonds. The Kier molecular flexibility index (Phi) is 7.68. The van der Waals surface area contributed by atoms with E-state index in [1.165, 1.54) is 24.3 Å². The summed E-state index contributed by atoms with van der Waals surface area (Å²) in [7, 11) is -8.42. The van der Waals surface area contributed by atoms with Crippen LogP contribution in [0.15, 0.2) is 58.3 Å². The van der Waals surface area contributed by atoms with E-state index < -0.39 is 20.2 Å². The van der Waals surface area contributed by atoms with Crippen LogP contribution in [0.5, 0.6) is 0 Å². The lowest BCUT2D eigenvalue weighted by atomic mass is 10.1. The highest BCUT2D eigenvalue weighted by Gasteiger charge is 2.10. The maximum atomic E-state index is 10.9. The van der Waals surface area contributed by atoms with Crippen molar-refractivity contribution in [3.8, 4) is 0 Å². The molecule has 0 aliphatic rings. The summed E-state index contributed by atoms with van der Waals surface area (Å²) in [6, 6.07) is 11.4. The molecule has 0 saturated carbocycles. The molecule has 0 saturated heterocycles. The molecule has 0 fully saturated rings. The first-order chi connectivity index (χ1) is 9.66. The average molecular weight is 401 g/mol. The zero-order chi connectivity index (χ0) is 15.7. The van der Waals surface area contributed by atoms with Crippen LogP contribution in [-0.4, -0.2) is 25.9 Å². The van der Waals surface area contributed by atoms with E-state index in [0.717, 1.165) is 11.1 Å². The van der Waals surface area contributed by atoms with Gasteiger partial charge in [0.1, 0.15) is 0 Å². The first-order valence-corrected chi connectivity index (χ1v) is 8.67. The van der Waals surface area contributed by atoms with Crippen LogP contribution in [0, 0.1) is 0 Å². The predicted octanol–water partition coefficient (Wildman–Crippen LogP) is 2.61. The molecule has 0 aliphatic carbocycles. The summed E-state index contributed by atoms with van der Waals surface area (Å²) in [5, 5.41) is 0. The first-order valence-electron chi connectivity index (χ1n) is 5.79. The Bertz CT molecular complexity index is 771. The Hall–Kier alpha value is -1.16. The normalized spacial score (nSPS) is 11.2. The molecule has 2 aromatic rings. The molecule has 0 unspecified atom stereocenters. The number of rotatable bonds is 4. The number of hydrogen-bond donors (Lipinski definition) is 2. The highest BCUT2D eigenvalue weighted by atomic mass is 35.5. The average Bonchev–Trinajstić information content (AvgIpc) is 2.38. The second-order valence-corrected chi connectivity index (χ2v) is 7.26. The van der Waals surface area contributed by atoms with Crippen LogP contribution in [0.1, 0.15) is 11.1 Å². The first kappa shape index (κ1) is 21.8. The zero-order valence-electron chi connectivity index (χ0n) is 11.5. The Labute approximate surface area is 146 Å². The lowest BCUT2D eigenvalue weighted by Crippen LogP contribution is -1.99. The minimum absolute atomic E-state index is 0. The number of halogens is 2. The van der Waals surface area contributed by atoms with E-state index in [2.05, 4.69) is 0 Å². The molecule has 6 nitrogen and oxygen atoms in total. The van der Waals surface area contributed by atoms with E-state index in [4.69, 9.17) is 9.11 Å². The van der Waals surface area contributed by atoms with E-state index in [1.807, 2.05) is 0 Å². The molecule has 0 aliphatic heterocycles. The standard InChI is InChI=1S/C13H12O6S2.2ClH/c14-20(15,16)12-5-1-10(2-6-12)9-11-3-7-13(8-4-11)21(17,18)19;;/h1-8H,9H2,(H,14,15,16)(H,17,18,19);2*1H. The third kappa shape index (κ3) is 6.09. The Morgan fingerprint density at radius 1 is 0.609 bits per heavy atom. The van der Waals surface area contributed by atoms with Gasteiger partial charge in [0.25, 0.3) is 20.2 Å². The topological polar surface area (TPSA) is 109 Å². The van der Waals surface area contributed by atoms with E-state index in [0.29, 0.717) is 6.42 Å². The molecule has 128 valence electrons. The molecule has 2 N–H and O–H groups in total. The molecule has 23 heavy (non-hydrogen) atoms. The lowest BCUT2D eigenvalue weighted by molar-refractivity contribution is 0.481. The van der Waals surface area contributed by atoms with Gasteiger partial charge in [-0.25, -0.2) is 0 Å². The van der Waals surface area contributed by atoms with Crippen molar-refractivity contribution in [2.45, 2.75) is 16.2 Å². The summed E-state index contributed by atoms with van der Waals surface area (Å²) in [6.07, 6.45) is 0.456. The van der Waals surface area contributed by atoms with Gasteiger partial charge in [0, 0.05) is 0 Å². The summed E-state index contributed by atoms with van der Waals surface area (Å²) in [6.45, 7) is 0. The van der Waals surface area contributed by atoms with Gasteiger partial charge < -0.3 is 0 Å². The largest absolute Gasteiger partial charge is 0.294 e. The van der Waals surface area contributed by atoms with Crippen molar-refractivity contribution in [3.63, 3.8) is 0 Å². The van der Waals surface area contributed by atoms with Crippen molar-refractivity contribution in [2.24, 2.45) is 0 Å². The van der Waals surface area contributed by atoms with Crippen molar-refractivity contribution >= 4 is 45.1 Å². The van der Waals surface area contributed by atoms with Gasteiger partial charge in [-0.1, -0.05) is 24.3 Å². The summed E-state index contributed by atoms with van der Waals surface area (Å²) < 4.78 is 61.4. The van der Waals surface area contributed by atoms with Crippen molar-refractivity contribution in [2.75, 3.05) is 0 Å². The van der Waals surface area contributed by atoms with Gasteiger partial charge in [0.2, 0.25) is 0 Å². The minimum atomic E-state index is -4.21. The van der Waals surface area contributed by atoms with E-state index in [1.54, 1.807) is 24.3 Å². The third-order valence-corrected chi connectivity index (χ3v) is 4.59. The smallest absolute Gasteiger partial charge is 0.282 e. The second-order valence-electron chi connectivity index (χ2n) is 4.41. The molecule has 2 aromatic carbocycles. The predicted molar refractivity (Wildman–Crippen MR) is 89.8 cm³/mol. The maximum Gasteiger partial charge on any atom is 0.294 e.